The topological polar surface area (TPSA) is 18.5 Å². The summed E-state index contributed by atoms with van der Waals surface area (Å²) in [6.45, 7) is 12.5. The van der Waals surface area contributed by atoms with Gasteiger partial charge in [-0.3, -0.25) is 0 Å². The van der Waals surface area contributed by atoms with Crippen molar-refractivity contribution in [2.24, 2.45) is 5.41 Å². The molecule has 2 heteroatoms. The van der Waals surface area contributed by atoms with Gasteiger partial charge in [-0.25, -0.2) is 0 Å². The van der Waals surface area contributed by atoms with Crippen LogP contribution >= 0.6 is 0 Å². The van der Waals surface area contributed by atoms with E-state index in [1.165, 1.54) is 12.8 Å². The molecule has 0 amide bonds. The number of hydrogen-bond acceptors (Lipinski definition) is 2. The first-order valence-electron chi connectivity index (χ1n) is 5.93. The van der Waals surface area contributed by atoms with E-state index in [2.05, 4.69) is 34.3 Å². The zero-order valence-corrected chi connectivity index (χ0v) is 10.5. The second-order valence-electron chi connectivity index (χ2n) is 5.46. The number of hydrogen-bond donors (Lipinski definition) is 0. The molecule has 88 valence electrons. The van der Waals surface area contributed by atoms with E-state index in [0.717, 1.165) is 18.6 Å². The number of unbranched alkanes of at least 4 members (excludes halogenated alkanes) is 1. The van der Waals surface area contributed by atoms with Gasteiger partial charge in [0.25, 0.3) is 0 Å². The average Bonchev–Trinajstić information content (AvgIpc) is 2.12. The minimum absolute atomic E-state index is 0.0217. The number of ether oxygens (including phenoxy) is 2. The third kappa shape index (κ3) is 3.86. The maximum atomic E-state index is 5.94. The van der Waals surface area contributed by atoms with Crippen LogP contribution in [0.15, 0.2) is 12.3 Å². The molecule has 1 fully saturated rings. The second-order valence-corrected chi connectivity index (χ2v) is 5.46. The Morgan fingerprint density at radius 3 is 2.60 bits per heavy atom. The Morgan fingerprint density at radius 1 is 1.40 bits per heavy atom. The Balaban J connectivity index is 2.52. The van der Waals surface area contributed by atoms with Crippen molar-refractivity contribution in [1.29, 1.82) is 0 Å². The molecule has 0 aliphatic carbocycles. The minimum atomic E-state index is -0.138. The molecule has 0 N–H and O–H groups in total. The molecule has 0 spiro atoms. The van der Waals surface area contributed by atoms with Crippen LogP contribution in [0.5, 0.6) is 0 Å². The highest BCUT2D eigenvalue weighted by atomic mass is 16.7. The zero-order chi connectivity index (χ0) is 11.5. The van der Waals surface area contributed by atoms with E-state index in [-0.39, 0.29) is 11.7 Å². The lowest BCUT2D eigenvalue weighted by Gasteiger charge is -2.38. The molecule has 1 saturated heterocycles. The van der Waals surface area contributed by atoms with E-state index in [1.54, 1.807) is 0 Å². The van der Waals surface area contributed by atoms with Crippen LogP contribution in [-0.4, -0.2) is 12.4 Å². The molecule has 0 aromatic carbocycles. The lowest BCUT2D eigenvalue weighted by Crippen LogP contribution is -2.39. The molecule has 1 heterocycles. The van der Waals surface area contributed by atoms with Crippen molar-refractivity contribution in [3.63, 3.8) is 0 Å². The van der Waals surface area contributed by atoms with Crippen molar-refractivity contribution < 1.29 is 9.47 Å². The highest BCUT2D eigenvalue weighted by molar-refractivity contribution is 4.92. The Morgan fingerprint density at radius 2 is 2.07 bits per heavy atom. The predicted molar refractivity (Wildman–Crippen MR) is 62.5 cm³/mol. The van der Waals surface area contributed by atoms with E-state index in [1.807, 2.05) is 0 Å². The molecule has 0 unspecified atom stereocenters. The zero-order valence-electron chi connectivity index (χ0n) is 10.5. The molecule has 1 aliphatic rings. The normalized spacial score (nSPS) is 27.6. The molecule has 15 heavy (non-hydrogen) atoms. The van der Waals surface area contributed by atoms with Crippen molar-refractivity contribution in [2.75, 3.05) is 0 Å². The summed E-state index contributed by atoms with van der Waals surface area (Å²) in [6, 6.07) is 0. The van der Waals surface area contributed by atoms with Crippen LogP contribution in [0.1, 0.15) is 53.4 Å². The molecule has 1 aliphatic heterocycles. The average molecular weight is 212 g/mol. The van der Waals surface area contributed by atoms with Gasteiger partial charge in [0.1, 0.15) is 0 Å². The summed E-state index contributed by atoms with van der Waals surface area (Å²) in [5, 5.41) is 0. The van der Waals surface area contributed by atoms with Gasteiger partial charge in [0.15, 0.2) is 0 Å². The van der Waals surface area contributed by atoms with E-state index >= 15 is 0 Å². The van der Waals surface area contributed by atoms with Crippen LogP contribution in [-0.2, 0) is 9.47 Å². The molecule has 0 aromatic rings. The Labute approximate surface area is 93.7 Å². The highest BCUT2D eigenvalue weighted by Gasteiger charge is 2.34. The van der Waals surface area contributed by atoms with Gasteiger partial charge in [-0.2, -0.15) is 0 Å². The third-order valence-electron chi connectivity index (χ3n) is 2.63. The Bertz CT molecular complexity index is 215. The van der Waals surface area contributed by atoms with Gasteiger partial charge in [-0.1, -0.05) is 47.1 Å². The summed E-state index contributed by atoms with van der Waals surface area (Å²) in [5.74, 6) is 0.877. The maximum Gasteiger partial charge on any atom is 0.204 e. The smallest absolute Gasteiger partial charge is 0.204 e. The maximum absolute atomic E-state index is 5.94. The molecule has 2 nitrogen and oxygen atoms in total. The molecule has 1 rings (SSSR count). The molecule has 2 atom stereocenters. The van der Waals surface area contributed by atoms with Gasteiger partial charge in [0.05, 0.1) is 11.9 Å². The van der Waals surface area contributed by atoms with Gasteiger partial charge in [0, 0.05) is 11.8 Å². The largest absolute Gasteiger partial charge is 0.469 e. The van der Waals surface area contributed by atoms with Crippen LogP contribution in [0, 0.1) is 5.41 Å². The van der Waals surface area contributed by atoms with Crippen LogP contribution < -0.4 is 0 Å². The van der Waals surface area contributed by atoms with Crippen molar-refractivity contribution >= 4 is 0 Å². The van der Waals surface area contributed by atoms with Gasteiger partial charge in [-0.05, 0) is 6.42 Å². The SMILES string of the molecule is C=C1C[C@@H](CCCC)O[C@H](C(C)(C)C)O1. The summed E-state index contributed by atoms with van der Waals surface area (Å²) < 4.78 is 11.6. The fourth-order valence-electron chi connectivity index (χ4n) is 1.69. The molecule has 0 bridgehead atoms. The van der Waals surface area contributed by atoms with Crippen LogP contribution in [0.2, 0.25) is 0 Å². The monoisotopic (exact) mass is 212 g/mol. The molecular formula is C13H24O2. The lowest BCUT2D eigenvalue weighted by molar-refractivity contribution is -0.228. The van der Waals surface area contributed by atoms with Crippen molar-refractivity contribution in [3.8, 4) is 0 Å². The summed E-state index contributed by atoms with van der Waals surface area (Å²) in [7, 11) is 0. The lowest BCUT2D eigenvalue weighted by atomic mass is 9.94. The first-order valence-corrected chi connectivity index (χ1v) is 5.93. The fraction of sp³-hybridized carbons (Fsp3) is 0.846. The van der Waals surface area contributed by atoms with Gasteiger partial charge in [-0.15, -0.1) is 0 Å². The summed E-state index contributed by atoms with van der Waals surface area (Å²) in [4.78, 5) is 0. The number of rotatable bonds is 3. The summed E-state index contributed by atoms with van der Waals surface area (Å²) >= 11 is 0. The fourth-order valence-corrected chi connectivity index (χ4v) is 1.69. The standard InChI is InChI=1S/C13H24O2/c1-6-7-8-11-9-10(2)14-12(15-11)13(3,4)5/h11-12H,2,6-9H2,1,3-5H3/t11-,12-/m1/s1. The van der Waals surface area contributed by atoms with E-state index in [0.29, 0.717) is 6.10 Å². The van der Waals surface area contributed by atoms with Crippen LogP contribution in [0.3, 0.4) is 0 Å². The van der Waals surface area contributed by atoms with Crippen LogP contribution in [0.25, 0.3) is 0 Å². The second kappa shape index (κ2) is 5.02. The van der Waals surface area contributed by atoms with Gasteiger partial charge >= 0.3 is 0 Å². The highest BCUT2D eigenvalue weighted by Crippen LogP contribution is 2.33. The van der Waals surface area contributed by atoms with E-state index < -0.39 is 0 Å². The Hall–Kier alpha value is -0.500. The van der Waals surface area contributed by atoms with E-state index in [4.69, 9.17) is 9.47 Å². The third-order valence-corrected chi connectivity index (χ3v) is 2.63. The van der Waals surface area contributed by atoms with Crippen molar-refractivity contribution in [2.45, 2.75) is 65.8 Å². The summed E-state index contributed by atoms with van der Waals surface area (Å²) in [6.07, 6.45) is 4.57. The molecule has 0 radical (unpaired) electrons. The first-order chi connectivity index (χ1) is 6.93. The van der Waals surface area contributed by atoms with Crippen molar-refractivity contribution in [3.05, 3.63) is 12.3 Å². The quantitative estimate of drug-likeness (QED) is 0.707. The Kier molecular flexibility index (Phi) is 4.21. The molecule has 0 aromatic heterocycles. The van der Waals surface area contributed by atoms with Crippen LogP contribution in [0.4, 0.5) is 0 Å². The van der Waals surface area contributed by atoms with Gasteiger partial charge < -0.3 is 9.47 Å². The predicted octanol–water partition coefficient (Wildman–Crippen LogP) is 3.87. The van der Waals surface area contributed by atoms with Gasteiger partial charge in [0.2, 0.25) is 6.29 Å². The molecule has 0 saturated carbocycles. The minimum Gasteiger partial charge on any atom is -0.469 e. The molecular weight excluding hydrogens is 188 g/mol. The van der Waals surface area contributed by atoms with Crippen molar-refractivity contribution in [1.82, 2.24) is 0 Å². The first kappa shape index (κ1) is 12.6. The van der Waals surface area contributed by atoms with E-state index in [9.17, 15) is 0 Å². The summed E-state index contributed by atoms with van der Waals surface area (Å²) in [5.41, 5.74) is 0.0217.